The van der Waals surface area contributed by atoms with E-state index in [1.54, 1.807) is 19.3 Å². The SMILES string of the molecule is CC(C)Cn1c(SC(C)C(=O)NC(=O)NC2CC2)nnc1-c1ccco1. The predicted molar refractivity (Wildman–Crippen MR) is 97.6 cm³/mol. The van der Waals surface area contributed by atoms with E-state index >= 15 is 0 Å². The molecule has 2 aromatic rings. The van der Waals surface area contributed by atoms with Crippen molar-refractivity contribution in [2.75, 3.05) is 0 Å². The summed E-state index contributed by atoms with van der Waals surface area (Å²) >= 11 is 1.27. The standard InChI is InChI=1S/C17H23N5O3S/c1-10(2)9-22-14(13-5-4-8-25-13)20-21-17(22)26-11(3)15(23)19-16(24)18-12-6-7-12/h4-5,8,10-12H,6-7,9H2,1-3H3,(H2,18,19,23,24). The van der Waals surface area contributed by atoms with Gasteiger partial charge in [0.2, 0.25) is 5.91 Å². The zero-order valence-electron chi connectivity index (χ0n) is 15.1. The van der Waals surface area contributed by atoms with E-state index in [1.807, 2.05) is 10.6 Å². The molecule has 0 saturated heterocycles. The van der Waals surface area contributed by atoms with Crippen molar-refractivity contribution in [2.24, 2.45) is 5.92 Å². The van der Waals surface area contributed by atoms with Gasteiger partial charge >= 0.3 is 6.03 Å². The van der Waals surface area contributed by atoms with Gasteiger partial charge in [-0.25, -0.2) is 4.79 Å². The Morgan fingerprint density at radius 1 is 1.35 bits per heavy atom. The molecule has 3 amide bonds. The zero-order valence-corrected chi connectivity index (χ0v) is 15.9. The summed E-state index contributed by atoms with van der Waals surface area (Å²) in [5.41, 5.74) is 0. The van der Waals surface area contributed by atoms with Gasteiger partial charge in [0.1, 0.15) is 0 Å². The van der Waals surface area contributed by atoms with Crippen LogP contribution < -0.4 is 10.6 Å². The van der Waals surface area contributed by atoms with E-state index in [0.29, 0.717) is 29.2 Å². The second kappa shape index (κ2) is 7.94. The largest absolute Gasteiger partial charge is 0.461 e. The molecule has 0 aromatic carbocycles. The summed E-state index contributed by atoms with van der Waals surface area (Å²) in [7, 11) is 0. The highest BCUT2D eigenvalue weighted by molar-refractivity contribution is 8.00. The molecule has 0 radical (unpaired) electrons. The molecule has 1 fully saturated rings. The Balaban J connectivity index is 1.69. The fourth-order valence-electron chi connectivity index (χ4n) is 2.37. The molecule has 0 spiro atoms. The van der Waals surface area contributed by atoms with E-state index in [2.05, 4.69) is 34.7 Å². The molecule has 3 rings (SSSR count). The van der Waals surface area contributed by atoms with E-state index in [0.717, 1.165) is 12.8 Å². The van der Waals surface area contributed by atoms with E-state index in [9.17, 15) is 9.59 Å². The summed E-state index contributed by atoms with van der Waals surface area (Å²) in [6.45, 7) is 6.63. The molecule has 1 saturated carbocycles. The lowest BCUT2D eigenvalue weighted by atomic mass is 10.2. The molecule has 2 N–H and O–H groups in total. The van der Waals surface area contributed by atoms with Crippen LogP contribution in [0.1, 0.15) is 33.6 Å². The fraction of sp³-hybridized carbons (Fsp3) is 0.529. The second-order valence-electron chi connectivity index (χ2n) is 6.79. The van der Waals surface area contributed by atoms with Gasteiger partial charge in [-0.05, 0) is 37.8 Å². The Hall–Kier alpha value is -2.29. The number of urea groups is 1. The second-order valence-corrected chi connectivity index (χ2v) is 8.09. The van der Waals surface area contributed by atoms with Gasteiger partial charge in [-0.2, -0.15) is 0 Å². The highest BCUT2D eigenvalue weighted by Crippen LogP contribution is 2.28. The number of rotatable bonds is 7. The molecular weight excluding hydrogens is 354 g/mol. The minimum Gasteiger partial charge on any atom is -0.461 e. The van der Waals surface area contributed by atoms with Crippen molar-refractivity contribution in [3.8, 4) is 11.6 Å². The normalized spacial score (nSPS) is 15.1. The molecule has 1 aliphatic carbocycles. The minimum absolute atomic E-state index is 0.204. The Labute approximate surface area is 156 Å². The minimum atomic E-state index is -0.487. The van der Waals surface area contributed by atoms with Crippen LogP contribution in [0.25, 0.3) is 11.6 Å². The number of imide groups is 1. The molecular formula is C17H23N5O3S. The number of hydrogen-bond donors (Lipinski definition) is 2. The van der Waals surface area contributed by atoms with Crippen LogP contribution in [0.2, 0.25) is 0 Å². The van der Waals surface area contributed by atoms with Crippen LogP contribution >= 0.6 is 11.8 Å². The first-order chi connectivity index (χ1) is 12.4. The van der Waals surface area contributed by atoms with Crippen molar-refractivity contribution in [3.05, 3.63) is 18.4 Å². The van der Waals surface area contributed by atoms with Crippen LogP contribution in [0.5, 0.6) is 0 Å². The Kier molecular flexibility index (Phi) is 5.65. The first-order valence-corrected chi connectivity index (χ1v) is 9.57. The Morgan fingerprint density at radius 3 is 2.73 bits per heavy atom. The van der Waals surface area contributed by atoms with Gasteiger partial charge in [-0.1, -0.05) is 25.6 Å². The number of furan rings is 1. The molecule has 8 nitrogen and oxygen atoms in total. The van der Waals surface area contributed by atoms with Crippen LogP contribution in [0.15, 0.2) is 28.0 Å². The van der Waals surface area contributed by atoms with Crippen LogP contribution in [0.4, 0.5) is 4.79 Å². The van der Waals surface area contributed by atoms with E-state index < -0.39 is 11.3 Å². The molecule has 1 aliphatic rings. The maximum Gasteiger partial charge on any atom is 0.321 e. The summed E-state index contributed by atoms with van der Waals surface area (Å²) in [4.78, 5) is 24.0. The molecule has 0 bridgehead atoms. The maximum absolute atomic E-state index is 12.3. The third-order valence-corrected chi connectivity index (χ3v) is 4.89. The van der Waals surface area contributed by atoms with Crippen molar-refractivity contribution in [1.29, 1.82) is 0 Å². The Morgan fingerprint density at radius 2 is 2.12 bits per heavy atom. The van der Waals surface area contributed by atoms with E-state index in [1.165, 1.54) is 11.8 Å². The van der Waals surface area contributed by atoms with Crippen LogP contribution in [0, 0.1) is 5.92 Å². The summed E-state index contributed by atoms with van der Waals surface area (Å²) < 4.78 is 7.38. The highest BCUT2D eigenvalue weighted by Gasteiger charge is 2.26. The first-order valence-electron chi connectivity index (χ1n) is 8.69. The Bertz CT molecular complexity index is 767. The molecule has 9 heteroatoms. The van der Waals surface area contributed by atoms with Crippen LogP contribution in [-0.4, -0.2) is 38.0 Å². The van der Waals surface area contributed by atoms with Gasteiger partial charge in [0.15, 0.2) is 16.7 Å². The number of nitrogens with zero attached hydrogens (tertiary/aromatic N) is 3. The molecule has 0 aliphatic heterocycles. The van der Waals surface area contributed by atoms with Gasteiger partial charge in [0.05, 0.1) is 11.5 Å². The van der Waals surface area contributed by atoms with Gasteiger partial charge in [0, 0.05) is 12.6 Å². The molecule has 140 valence electrons. The lowest BCUT2D eigenvalue weighted by molar-refractivity contribution is -0.119. The molecule has 26 heavy (non-hydrogen) atoms. The van der Waals surface area contributed by atoms with Crippen molar-refractivity contribution in [2.45, 2.75) is 56.6 Å². The number of carbonyl (C=O) groups excluding carboxylic acids is 2. The van der Waals surface area contributed by atoms with Crippen LogP contribution in [-0.2, 0) is 11.3 Å². The van der Waals surface area contributed by atoms with Gasteiger partial charge in [-0.15, -0.1) is 10.2 Å². The van der Waals surface area contributed by atoms with Crippen LogP contribution in [0.3, 0.4) is 0 Å². The topological polar surface area (TPSA) is 102 Å². The van der Waals surface area contributed by atoms with E-state index in [4.69, 9.17) is 4.42 Å². The summed E-state index contributed by atoms with van der Waals surface area (Å²) in [5, 5.41) is 13.7. The van der Waals surface area contributed by atoms with Crippen molar-refractivity contribution in [1.82, 2.24) is 25.4 Å². The molecule has 1 atom stereocenters. The average molecular weight is 377 g/mol. The summed E-state index contributed by atoms with van der Waals surface area (Å²) in [6.07, 6.45) is 3.53. The summed E-state index contributed by atoms with van der Waals surface area (Å²) in [6, 6.07) is 3.39. The quantitative estimate of drug-likeness (QED) is 0.719. The predicted octanol–water partition coefficient (Wildman–Crippen LogP) is 2.66. The van der Waals surface area contributed by atoms with Gasteiger partial charge in [-0.3, -0.25) is 14.7 Å². The third kappa shape index (κ3) is 4.66. The molecule has 2 aromatic heterocycles. The number of aromatic nitrogens is 3. The van der Waals surface area contributed by atoms with Crippen molar-refractivity contribution >= 4 is 23.7 Å². The number of nitrogens with one attached hydrogen (secondary N) is 2. The zero-order chi connectivity index (χ0) is 18.7. The molecule has 2 heterocycles. The van der Waals surface area contributed by atoms with Gasteiger partial charge < -0.3 is 9.73 Å². The number of hydrogen-bond acceptors (Lipinski definition) is 6. The molecule has 1 unspecified atom stereocenters. The monoisotopic (exact) mass is 377 g/mol. The first kappa shape index (κ1) is 18.5. The van der Waals surface area contributed by atoms with E-state index in [-0.39, 0.29) is 11.9 Å². The summed E-state index contributed by atoms with van der Waals surface area (Å²) in [5.74, 6) is 1.27. The number of carbonyl (C=O) groups is 2. The van der Waals surface area contributed by atoms with Crippen molar-refractivity contribution < 1.29 is 14.0 Å². The highest BCUT2D eigenvalue weighted by atomic mass is 32.2. The average Bonchev–Trinajstić information content (AvgIpc) is 3.07. The lowest BCUT2D eigenvalue weighted by Gasteiger charge is -2.14. The lowest BCUT2D eigenvalue weighted by Crippen LogP contribution is -2.43. The third-order valence-electron chi connectivity index (χ3n) is 3.81. The maximum atomic E-state index is 12.3. The fourth-order valence-corrected chi connectivity index (χ4v) is 3.23. The van der Waals surface area contributed by atoms with Crippen molar-refractivity contribution in [3.63, 3.8) is 0 Å². The smallest absolute Gasteiger partial charge is 0.321 e. The van der Waals surface area contributed by atoms with Gasteiger partial charge in [0.25, 0.3) is 0 Å². The number of thioether (sulfide) groups is 1. The number of amides is 3.